The molecule has 0 fully saturated rings. The van der Waals surface area contributed by atoms with E-state index >= 15 is 0 Å². The monoisotopic (exact) mass is 466 g/mol. The number of anilines is 1. The van der Waals surface area contributed by atoms with Crippen molar-refractivity contribution in [2.75, 3.05) is 5.32 Å². The Labute approximate surface area is 234 Å². The van der Waals surface area contributed by atoms with Crippen LogP contribution in [-0.4, -0.2) is 21.6 Å². The van der Waals surface area contributed by atoms with E-state index in [4.69, 9.17) is 0 Å². The minimum Gasteiger partial charge on any atom is -0.871 e. The Morgan fingerprint density at radius 1 is 1.15 bits per heavy atom. The van der Waals surface area contributed by atoms with Crippen LogP contribution in [0.25, 0.3) is 11.1 Å². The number of pyridine rings is 2. The molecule has 0 bridgehead atoms. The summed E-state index contributed by atoms with van der Waals surface area (Å²) in [5, 5.41) is 28.3. The fourth-order valence-corrected chi connectivity index (χ4v) is 3.18. The SMILES string of the molecule is Cc1cn(C)c(=O)c(NC(=O)N[C@@H](CC(=O)[O-])c2cccc(-c3cccnc3)c2)c1[O-].[Na+].[Na+]. The van der Waals surface area contributed by atoms with Gasteiger partial charge in [-0.15, -0.1) is 0 Å². The summed E-state index contributed by atoms with van der Waals surface area (Å²) < 4.78 is 1.18. The Hall–Kier alpha value is -2.14. The molecule has 0 saturated carbocycles. The van der Waals surface area contributed by atoms with Gasteiger partial charge < -0.3 is 30.2 Å². The summed E-state index contributed by atoms with van der Waals surface area (Å²) >= 11 is 0. The molecule has 9 nitrogen and oxygen atoms in total. The van der Waals surface area contributed by atoms with Crippen molar-refractivity contribution in [1.29, 1.82) is 0 Å². The number of carbonyl (C=O) groups is 2. The van der Waals surface area contributed by atoms with Gasteiger partial charge in [-0.2, -0.15) is 0 Å². The third-order valence-electron chi connectivity index (χ3n) is 4.71. The van der Waals surface area contributed by atoms with Gasteiger partial charge in [-0.1, -0.05) is 30.0 Å². The van der Waals surface area contributed by atoms with E-state index in [-0.39, 0.29) is 64.7 Å². The zero-order valence-electron chi connectivity index (χ0n) is 18.9. The molecule has 11 heteroatoms. The van der Waals surface area contributed by atoms with E-state index in [2.05, 4.69) is 15.6 Å². The van der Waals surface area contributed by atoms with E-state index in [0.29, 0.717) is 5.56 Å². The molecule has 33 heavy (non-hydrogen) atoms. The van der Waals surface area contributed by atoms with Gasteiger partial charge in [0.05, 0.1) is 6.04 Å². The number of amides is 2. The molecule has 3 aromatic rings. The zero-order valence-corrected chi connectivity index (χ0v) is 22.9. The molecule has 2 N–H and O–H groups in total. The number of aromatic nitrogens is 2. The molecule has 160 valence electrons. The van der Waals surface area contributed by atoms with Crippen molar-refractivity contribution >= 4 is 17.7 Å². The number of carboxylic acid groups (broad SMARTS) is 1. The van der Waals surface area contributed by atoms with Crippen LogP contribution in [-0.2, 0) is 11.8 Å². The van der Waals surface area contributed by atoms with Crippen molar-refractivity contribution in [3.8, 4) is 16.9 Å². The maximum atomic E-state index is 12.5. The third kappa shape index (κ3) is 7.43. The number of carboxylic acids is 1. The predicted molar refractivity (Wildman–Crippen MR) is 110 cm³/mol. The van der Waals surface area contributed by atoms with E-state index in [0.717, 1.165) is 11.1 Å². The summed E-state index contributed by atoms with van der Waals surface area (Å²) in [6, 6.07) is 8.75. The van der Waals surface area contributed by atoms with E-state index in [1.54, 1.807) is 36.7 Å². The number of benzene rings is 1. The molecule has 3 rings (SSSR count). The third-order valence-corrected chi connectivity index (χ3v) is 4.71. The average Bonchev–Trinajstić information content (AvgIpc) is 2.75. The second-order valence-electron chi connectivity index (χ2n) is 7.03. The molecule has 0 saturated heterocycles. The molecule has 0 spiro atoms. The van der Waals surface area contributed by atoms with Crippen molar-refractivity contribution in [2.45, 2.75) is 19.4 Å². The van der Waals surface area contributed by atoms with E-state index in [1.165, 1.54) is 24.7 Å². The molecule has 1 atom stereocenters. The predicted octanol–water partition coefficient (Wildman–Crippen LogP) is -5.16. The Kier molecular flexibility index (Phi) is 11.3. The van der Waals surface area contributed by atoms with Gasteiger partial charge in [0, 0.05) is 38.0 Å². The van der Waals surface area contributed by atoms with Crippen molar-refractivity contribution < 1.29 is 78.9 Å². The number of rotatable bonds is 6. The quantitative estimate of drug-likeness (QED) is 0.349. The molecule has 0 aliphatic heterocycles. The van der Waals surface area contributed by atoms with Crippen LogP contribution in [0, 0.1) is 6.92 Å². The minimum atomic E-state index is -1.37. The standard InChI is InChI=1S/C22H22N4O5.2Na/c1-13-12-26(2)21(30)19(20(13)29)25-22(31)24-17(10-18(27)28)15-6-3-5-14(9-15)16-7-4-8-23-11-16;;/h3-9,11-12,17,29H,10H2,1-2H3,(H,27,28)(H2,24,25,31);;/q;2*+1/p-2/t17-;;/m0../s1. The topological polar surface area (TPSA) is 139 Å². The molecule has 0 unspecified atom stereocenters. The summed E-state index contributed by atoms with van der Waals surface area (Å²) in [7, 11) is 1.46. The number of hydrogen-bond donors (Lipinski definition) is 2. The smallest absolute Gasteiger partial charge is 0.871 e. The van der Waals surface area contributed by atoms with Crippen LogP contribution in [0.5, 0.6) is 5.75 Å². The molecule has 0 radical (unpaired) electrons. The van der Waals surface area contributed by atoms with Crippen molar-refractivity contribution in [3.05, 3.63) is 76.5 Å². The molecule has 1 aromatic carbocycles. The summed E-state index contributed by atoms with van der Waals surface area (Å²) in [6.45, 7) is 1.52. The normalized spacial score (nSPS) is 10.8. The van der Waals surface area contributed by atoms with E-state index in [9.17, 15) is 24.6 Å². The Balaban J connectivity index is 0.00000272. The average molecular weight is 466 g/mol. The van der Waals surface area contributed by atoms with Crippen LogP contribution >= 0.6 is 0 Å². The molecule has 2 amide bonds. The molecular weight excluding hydrogens is 446 g/mol. The minimum absolute atomic E-state index is 0. The van der Waals surface area contributed by atoms with E-state index < -0.39 is 41.5 Å². The van der Waals surface area contributed by atoms with Gasteiger partial charge in [0.2, 0.25) is 0 Å². The zero-order chi connectivity index (χ0) is 22.5. The van der Waals surface area contributed by atoms with Gasteiger partial charge in [-0.3, -0.25) is 9.78 Å². The first kappa shape index (κ1) is 28.9. The number of nitrogens with one attached hydrogen (secondary N) is 2. The summed E-state index contributed by atoms with van der Waals surface area (Å²) in [6.07, 6.45) is 4.17. The van der Waals surface area contributed by atoms with Crippen LogP contribution < -0.4 is 85.5 Å². The maximum Gasteiger partial charge on any atom is 1.00 e. The summed E-state index contributed by atoms with van der Waals surface area (Å²) in [5.41, 5.74) is 1.33. The second kappa shape index (κ2) is 12.9. The summed E-state index contributed by atoms with van der Waals surface area (Å²) in [4.78, 5) is 40.1. The van der Waals surface area contributed by atoms with Gasteiger partial charge in [-0.05, 0) is 41.3 Å². The van der Waals surface area contributed by atoms with Gasteiger partial charge >= 0.3 is 65.1 Å². The van der Waals surface area contributed by atoms with Gasteiger partial charge in [0.15, 0.2) is 0 Å². The van der Waals surface area contributed by atoms with Crippen molar-refractivity contribution in [1.82, 2.24) is 14.9 Å². The van der Waals surface area contributed by atoms with Crippen LogP contribution in [0.1, 0.15) is 23.6 Å². The molecular formula is C22H20N4Na2O5. The number of aliphatic carboxylic acids is 1. The van der Waals surface area contributed by atoms with E-state index in [1.807, 2.05) is 12.1 Å². The van der Waals surface area contributed by atoms with Crippen LogP contribution in [0.15, 0.2) is 59.8 Å². The first-order chi connectivity index (χ1) is 14.8. The van der Waals surface area contributed by atoms with Crippen LogP contribution in [0.2, 0.25) is 0 Å². The molecule has 0 aliphatic rings. The van der Waals surface area contributed by atoms with Crippen LogP contribution in [0.3, 0.4) is 0 Å². The second-order valence-corrected chi connectivity index (χ2v) is 7.03. The fourth-order valence-electron chi connectivity index (χ4n) is 3.18. The Morgan fingerprint density at radius 3 is 2.48 bits per heavy atom. The molecule has 2 aromatic heterocycles. The largest absolute Gasteiger partial charge is 1.00 e. The summed E-state index contributed by atoms with van der Waals surface area (Å²) in [5.74, 6) is -1.97. The number of urea groups is 1. The fraction of sp³-hybridized carbons (Fsp3) is 0.182. The molecule has 2 heterocycles. The Bertz CT molecular complexity index is 1190. The first-order valence-electron chi connectivity index (χ1n) is 9.41. The van der Waals surface area contributed by atoms with Gasteiger partial charge in [0.1, 0.15) is 5.69 Å². The van der Waals surface area contributed by atoms with Gasteiger partial charge in [-0.25, -0.2) is 4.79 Å². The van der Waals surface area contributed by atoms with Crippen LogP contribution in [0.4, 0.5) is 10.5 Å². The maximum absolute atomic E-state index is 12.5. The molecule has 0 aliphatic carbocycles. The number of hydrogen-bond acceptors (Lipinski definition) is 6. The van der Waals surface area contributed by atoms with Crippen molar-refractivity contribution in [2.24, 2.45) is 7.05 Å². The number of aryl methyl sites for hydroxylation is 2. The number of nitrogens with zero attached hydrogens (tertiary/aromatic N) is 2. The first-order valence-corrected chi connectivity index (χ1v) is 9.41. The number of carbonyl (C=O) groups excluding carboxylic acids is 2. The Morgan fingerprint density at radius 2 is 1.85 bits per heavy atom. The van der Waals surface area contributed by atoms with Gasteiger partial charge in [0.25, 0.3) is 5.56 Å². The van der Waals surface area contributed by atoms with Crippen molar-refractivity contribution in [3.63, 3.8) is 0 Å².